The first-order chi connectivity index (χ1) is 12.6. The molecule has 0 fully saturated rings. The Morgan fingerprint density at radius 2 is 2.08 bits per heavy atom. The molecule has 1 amide bonds. The quantitative estimate of drug-likeness (QED) is 0.666. The monoisotopic (exact) mass is 376 g/mol. The van der Waals surface area contributed by atoms with E-state index in [1.165, 1.54) is 26.4 Å². The molecular weight excluding hydrogens is 352 g/mol. The van der Waals surface area contributed by atoms with Crippen LogP contribution >= 0.6 is 11.6 Å². The van der Waals surface area contributed by atoms with Gasteiger partial charge in [0.2, 0.25) is 0 Å². The maximum Gasteiger partial charge on any atom is 0.411 e. The van der Waals surface area contributed by atoms with Gasteiger partial charge >= 0.3 is 6.09 Å². The van der Waals surface area contributed by atoms with Crippen LogP contribution < -0.4 is 11.1 Å². The number of aromatic amines is 1. The van der Waals surface area contributed by atoms with Crippen LogP contribution in [0.4, 0.5) is 10.5 Å². The standard InChI is InChI=1S/C19H25ClN4O2/c1-26-19(25)22-13-9-10-14-12(11-13)7-5-3-2-4-6-8-15(21)18-23-16(14)17(20)24-18/h9-11,15H,2-8,21H2,1H3,(H,22,25)(H,23,24)/t15-/m0/s1. The van der Waals surface area contributed by atoms with Crippen molar-refractivity contribution in [1.29, 1.82) is 0 Å². The van der Waals surface area contributed by atoms with Crippen molar-refractivity contribution < 1.29 is 9.53 Å². The molecule has 0 radical (unpaired) electrons. The zero-order valence-corrected chi connectivity index (χ0v) is 15.7. The Morgan fingerprint density at radius 1 is 1.31 bits per heavy atom. The van der Waals surface area contributed by atoms with E-state index in [0.717, 1.165) is 48.3 Å². The van der Waals surface area contributed by atoms with Crippen LogP contribution in [0.1, 0.15) is 56.0 Å². The number of hydrogen-bond acceptors (Lipinski definition) is 4. The van der Waals surface area contributed by atoms with Crippen molar-refractivity contribution >= 4 is 23.4 Å². The number of aryl methyl sites for hydroxylation is 1. The number of anilines is 1. The summed E-state index contributed by atoms with van der Waals surface area (Å²) in [6, 6.07) is 5.61. The highest BCUT2D eigenvalue weighted by molar-refractivity contribution is 6.32. The van der Waals surface area contributed by atoms with Crippen LogP contribution in [0, 0.1) is 0 Å². The highest BCUT2D eigenvalue weighted by atomic mass is 35.5. The number of imidazole rings is 1. The molecule has 0 aliphatic carbocycles. The van der Waals surface area contributed by atoms with Crippen molar-refractivity contribution in [2.75, 3.05) is 12.4 Å². The minimum absolute atomic E-state index is 0.134. The van der Waals surface area contributed by atoms with Crippen molar-refractivity contribution in [3.63, 3.8) is 0 Å². The maximum absolute atomic E-state index is 11.5. The minimum atomic E-state index is -0.486. The number of hydrogen-bond donors (Lipinski definition) is 3. The first-order valence-corrected chi connectivity index (χ1v) is 9.45. The number of nitrogens with one attached hydrogen (secondary N) is 2. The van der Waals surface area contributed by atoms with Crippen LogP contribution in [-0.4, -0.2) is 23.2 Å². The Balaban J connectivity index is 1.99. The van der Waals surface area contributed by atoms with Gasteiger partial charge in [0.05, 0.1) is 13.2 Å². The average molecular weight is 377 g/mol. The van der Waals surface area contributed by atoms with E-state index < -0.39 is 6.09 Å². The maximum atomic E-state index is 11.5. The molecule has 0 unspecified atom stereocenters. The third kappa shape index (κ3) is 4.37. The molecule has 26 heavy (non-hydrogen) atoms. The van der Waals surface area contributed by atoms with Crippen LogP contribution in [0.3, 0.4) is 0 Å². The summed E-state index contributed by atoms with van der Waals surface area (Å²) in [7, 11) is 1.35. The number of methoxy groups -OCH3 is 1. The van der Waals surface area contributed by atoms with E-state index in [1.807, 2.05) is 18.2 Å². The topological polar surface area (TPSA) is 93.0 Å². The summed E-state index contributed by atoms with van der Waals surface area (Å²) in [5.41, 5.74) is 9.76. The number of nitrogens with two attached hydrogens (primary N) is 1. The summed E-state index contributed by atoms with van der Waals surface area (Å²) >= 11 is 6.43. The van der Waals surface area contributed by atoms with Gasteiger partial charge in [-0.05, 0) is 37.0 Å². The molecule has 4 N–H and O–H groups in total. The molecule has 0 saturated carbocycles. The molecule has 2 aromatic rings. The lowest BCUT2D eigenvalue weighted by Crippen LogP contribution is -2.12. The van der Waals surface area contributed by atoms with E-state index >= 15 is 0 Å². The normalized spacial score (nSPS) is 18.0. The van der Waals surface area contributed by atoms with Gasteiger partial charge in [0.15, 0.2) is 0 Å². The van der Waals surface area contributed by atoms with E-state index in [0.29, 0.717) is 10.8 Å². The third-order valence-electron chi connectivity index (χ3n) is 4.78. The largest absolute Gasteiger partial charge is 0.453 e. The van der Waals surface area contributed by atoms with E-state index in [2.05, 4.69) is 20.0 Å². The second kappa shape index (κ2) is 8.56. The molecular formula is C19H25ClN4O2. The number of ether oxygens (including phenoxy) is 1. The second-order valence-electron chi connectivity index (χ2n) is 6.69. The Labute approximate surface area is 158 Å². The van der Waals surface area contributed by atoms with Crippen LogP contribution in [0.15, 0.2) is 18.2 Å². The number of H-pyrrole nitrogens is 1. The van der Waals surface area contributed by atoms with Crippen molar-refractivity contribution in [3.8, 4) is 11.3 Å². The summed E-state index contributed by atoms with van der Waals surface area (Å²) in [6.45, 7) is 0. The van der Waals surface area contributed by atoms with Gasteiger partial charge in [-0.25, -0.2) is 9.78 Å². The van der Waals surface area contributed by atoms with Gasteiger partial charge in [0.1, 0.15) is 16.7 Å². The van der Waals surface area contributed by atoms with Gasteiger partial charge in [0, 0.05) is 11.3 Å². The first-order valence-electron chi connectivity index (χ1n) is 9.07. The van der Waals surface area contributed by atoms with Gasteiger partial charge in [-0.1, -0.05) is 43.4 Å². The molecule has 1 aliphatic heterocycles. The summed E-state index contributed by atoms with van der Waals surface area (Å²) in [4.78, 5) is 19.3. The average Bonchev–Trinajstić information content (AvgIpc) is 3.02. The first kappa shape index (κ1) is 18.7. The Bertz CT molecular complexity index is 775. The van der Waals surface area contributed by atoms with E-state index in [-0.39, 0.29) is 6.04 Å². The summed E-state index contributed by atoms with van der Waals surface area (Å²) in [5, 5.41) is 3.22. The molecule has 6 nitrogen and oxygen atoms in total. The number of halogens is 1. The molecule has 1 aromatic carbocycles. The molecule has 0 spiro atoms. The number of carbonyl (C=O) groups is 1. The van der Waals surface area contributed by atoms with Crippen LogP contribution in [0.2, 0.25) is 5.15 Å². The lowest BCUT2D eigenvalue weighted by molar-refractivity contribution is 0.187. The van der Waals surface area contributed by atoms with Crippen LogP contribution in [0.25, 0.3) is 11.3 Å². The number of amides is 1. The van der Waals surface area contributed by atoms with Crippen LogP contribution in [0.5, 0.6) is 0 Å². The number of benzene rings is 1. The molecule has 0 saturated heterocycles. The molecule has 2 bridgehead atoms. The number of rotatable bonds is 1. The smallest absolute Gasteiger partial charge is 0.411 e. The fourth-order valence-electron chi connectivity index (χ4n) is 3.35. The summed E-state index contributed by atoms with van der Waals surface area (Å²) < 4.78 is 4.68. The Kier molecular flexibility index (Phi) is 6.16. The van der Waals surface area contributed by atoms with Gasteiger partial charge in [-0.3, -0.25) is 5.32 Å². The van der Waals surface area contributed by atoms with Gasteiger partial charge in [-0.15, -0.1) is 0 Å². The molecule has 1 aromatic heterocycles. The van der Waals surface area contributed by atoms with Gasteiger partial charge in [0.25, 0.3) is 0 Å². The van der Waals surface area contributed by atoms with Crippen molar-refractivity contribution in [3.05, 3.63) is 34.7 Å². The van der Waals surface area contributed by atoms with Crippen molar-refractivity contribution in [2.45, 2.75) is 51.0 Å². The fourth-order valence-corrected chi connectivity index (χ4v) is 3.59. The SMILES string of the molecule is COC(=O)Nc1ccc2c(c1)CCCCCCC[C@H](N)c1nc-2c(Cl)[nH]1. The summed E-state index contributed by atoms with van der Waals surface area (Å²) in [6.07, 6.45) is 7.03. The number of aromatic nitrogens is 2. The Morgan fingerprint density at radius 3 is 2.88 bits per heavy atom. The van der Waals surface area contributed by atoms with Crippen molar-refractivity contribution in [1.82, 2.24) is 9.97 Å². The highest BCUT2D eigenvalue weighted by Gasteiger charge is 2.19. The fraction of sp³-hybridized carbons (Fsp3) is 0.474. The molecule has 140 valence electrons. The van der Waals surface area contributed by atoms with Gasteiger partial charge in [-0.2, -0.15) is 0 Å². The molecule has 3 rings (SSSR count). The highest BCUT2D eigenvalue weighted by Crippen LogP contribution is 2.33. The van der Waals surface area contributed by atoms with Gasteiger partial charge < -0.3 is 15.5 Å². The predicted octanol–water partition coefficient (Wildman–Crippen LogP) is 4.80. The zero-order valence-electron chi connectivity index (χ0n) is 15.0. The Hall–Kier alpha value is -2.05. The molecule has 2 heterocycles. The van der Waals surface area contributed by atoms with E-state index in [9.17, 15) is 4.79 Å². The number of fused-ring (bicyclic) bond motifs is 4. The molecule has 1 aliphatic rings. The van der Waals surface area contributed by atoms with E-state index in [4.69, 9.17) is 17.3 Å². The zero-order chi connectivity index (χ0) is 18.5. The molecule has 7 heteroatoms. The van der Waals surface area contributed by atoms with E-state index in [1.54, 1.807) is 0 Å². The second-order valence-corrected chi connectivity index (χ2v) is 7.06. The number of nitrogens with zero attached hydrogens (tertiary/aromatic N) is 1. The third-order valence-corrected chi connectivity index (χ3v) is 5.06. The lowest BCUT2D eigenvalue weighted by Gasteiger charge is -2.12. The number of carbonyl (C=O) groups excluding carboxylic acids is 1. The molecule has 1 atom stereocenters. The van der Waals surface area contributed by atoms with Crippen molar-refractivity contribution in [2.24, 2.45) is 5.73 Å². The predicted molar refractivity (Wildman–Crippen MR) is 103 cm³/mol. The van der Waals surface area contributed by atoms with Crippen LogP contribution in [-0.2, 0) is 11.2 Å². The summed E-state index contributed by atoms with van der Waals surface area (Å²) in [5.74, 6) is 0.729. The lowest BCUT2D eigenvalue weighted by atomic mass is 9.98. The minimum Gasteiger partial charge on any atom is -0.453 e.